The molecular formula is C15H29NO. The summed E-state index contributed by atoms with van der Waals surface area (Å²) in [6.07, 6.45) is 9.84. The highest BCUT2D eigenvalue weighted by Crippen LogP contribution is 2.29. The Kier molecular flexibility index (Phi) is 5.30. The van der Waals surface area contributed by atoms with Crippen LogP contribution in [0.25, 0.3) is 0 Å². The monoisotopic (exact) mass is 239 g/mol. The van der Waals surface area contributed by atoms with E-state index >= 15 is 0 Å². The Balaban J connectivity index is 1.53. The first-order valence-corrected chi connectivity index (χ1v) is 7.60. The molecule has 0 aromatic rings. The normalized spacial score (nSPS) is 38.5. The van der Waals surface area contributed by atoms with Gasteiger partial charge in [0.25, 0.3) is 0 Å². The van der Waals surface area contributed by atoms with Crippen LogP contribution in [0.2, 0.25) is 0 Å². The van der Waals surface area contributed by atoms with Crippen LogP contribution in [-0.4, -0.2) is 25.3 Å². The van der Waals surface area contributed by atoms with E-state index in [1.807, 2.05) is 0 Å². The van der Waals surface area contributed by atoms with Gasteiger partial charge in [0.1, 0.15) is 0 Å². The summed E-state index contributed by atoms with van der Waals surface area (Å²) in [6, 6.07) is 0.783. The van der Waals surface area contributed by atoms with E-state index in [0.717, 1.165) is 24.5 Å². The van der Waals surface area contributed by atoms with E-state index in [2.05, 4.69) is 19.2 Å². The summed E-state index contributed by atoms with van der Waals surface area (Å²) in [5, 5.41) is 3.74. The van der Waals surface area contributed by atoms with Crippen molar-refractivity contribution in [2.45, 2.75) is 70.9 Å². The Morgan fingerprint density at radius 2 is 2.00 bits per heavy atom. The van der Waals surface area contributed by atoms with E-state index in [-0.39, 0.29) is 0 Å². The predicted octanol–water partition coefficient (Wildman–Crippen LogP) is 3.36. The third kappa shape index (κ3) is 4.26. The first-order chi connectivity index (χ1) is 8.25. The maximum atomic E-state index is 5.65. The molecule has 1 aliphatic heterocycles. The van der Waals surface area contributed by atoms with Crippen LogP contribution in [-0.2, 0) is 4.74 Å². The molecule has 1 aliphatic carbocycles. The van der Waals surface area contributed by atoms with Gasteiger partial charge in [0.2, 0.25) is 0 Å². The van der Waals surface area contributed by atoms with Crippen molar-refractivity contribution in [1.82, 2.24) is 5.32 Å². The highest BCUT2D eigenvalue weighted by Gasteiger charge is 2.24. The molecule has 2 aliphatic rings. The fourth-order valence-electron chi connectivity index (χ4n) is 3.24. The molecular weight excluding hydrogens is 210 g/mol. The van der Waals surface area contributed by atoms with Gasteiger partial charge in [0, 0.05) is 12.6 Å². The van der Waals surface area contributed by atoms with Gasteiger partial charge < -0.3 is 10.1 Å². The van der Waals surface area contributed by atoms with Crippen LogP contribution in [0.3, 0.4) is 0 Å². The third-order valence-electron chi connectivity index (χ3n) is 4.76. The van der Waals surface area contributed by atoms with Crippen LogP contribution >= 0.6 is 0 Å². The molecule has 1 saturated carbocycles. The predicted molar refractivity (Wildman–Crippen MR) is 72.2 cm³/mol. The molecule has 0 bridgehead atoms. The molecule has 1 saturated heterocycles. The van der Waals surface area contributed by atoms with Crippen LogP contribution in [0.4, 0.5) is 0 Å². The summed E-state index contributed by atoms with van der Waals surface area (Å²) in [5.74, 6) is 1.83. The molecule has 0 radical (unpaired) electrons. The molecule has 2 heteroatoms. The SMILES string of the molecule is CC1CCC(NCCCC2CCCO2)CC1C. The van der Waals surface area contributed by atoms with Gasteiger partial charge in [-0.05, 0) is 63.3 Å². The van der Waals surface area contributed by atoms with Crippen molar-refractivity contribution in [3.63, 3.8) is 0 Å². The molecule has 2 nitrogen and oxygen atoms in total. The number of hydrogen-bond acceptors (Lipinski definition) is 2. The van der Waals surface area contributed by atoms with Crippen LogP contribution in [0, 0.1) is 11.8 Å². The molecule has 1 heterocycles. The Morgan fingerprint density at radius 3 is 2.71 bits per heavy atom. The summed E-state index contributed by atoms with van der Waals surface area (Å²) in [5.41, 5.74) is 0. The fraction of sp³-hybridized carbons (Fsp3) is 1.00. The van der Waals surface area contributed by atoms with Gasteiger partial charge in [-0.2, -0.15) is 0 Å². The maximum absolute atomic E-state index is 5.65. The largest absolute Gasteiger partial charge is 0.378 e. The molecule has 0 aromatic heterocycles. The molecule has 0 spiro atoms. The van der Waals surface area contributed by atoms with Crippen LogP contribution < -0.4 is 5.32 Å². The lowest BCUT2D eigenvalue weighted by molar-refractivity contribution is 0.102. The quantitative estimate of drug-likeness (QED) is 0.743. The minimum Gasteiger partial charge on any atom is -0.378 e. The average Bonchev–Trinajstić information content (AvgIpc) is 2.82. The smallest absolute Gasteiger partial charge is 0.0576 e. The average molecular weight is 239 g/mol. The zero-order valence-corrected chi connectivity index (χ0v) is 11.6. The topological polar surface area (TPSA) is 21.3 Å². The summed E-state index contributed by atoms with van der Waals surface area (Å²) in [7, 11) is 0. The first-order valence-electron chi connectivity index (χ1n) is 7.60. The van der Waals surface area contributed by atoms with Crippen LogP contribution in [0.5, 0.6) is 0 Å². The Hall–Kier alpha value is -0.0800. The van der Waals surface area contributed by atoms with Crippen molar-refractivity contribution in [3.8, 4) is 0 Å². The fourth-order valence-corrected chi connectivity index (χ4v) is 3.24. The zero-order chi connectivity index (χ0) is 12.1. The lowest BCUT2D eigenvalue weighted by atomic mass is 9.79. The number of hydrogen-bond donors (Lipinski definition) is 1. The second-order valence-electron chi connectivity index (χ2n) is 6.20. The highest BCUT2D eigenvalue weighted by molar-refractivity contribution is 4.79. The van der Waals surface area contributed by atoms with E-state index in [4.69, 9.17) is 4.74 Å². The lowest BCUT2D eigenvalue weighted by Crippen LogP contribution is -2.36. The summed E-state index contributed by atoms with van der Waals surface area (Å²) in [6.45, 7) is 6.99. The minimum absolute atomic E-state index is 0.571. The van der Waals surface area contributed by atoms with Gasteiger partial charge in [-0.15, -0.1) is 0 Å². The molecule has 17 heavy (non-hydrogen) atoms. The molecule has 0 aromatic carbocycles. The van der Waals surface area contributed by atoms with Crippen molar-refractivity contribution in [1.29, 1.82) is 0 Å². The van der Waals surface area contributed by atoms with Crippen molar-refractivity contribution >= 4 is 0 Å². The molecule has 4 atom stereocenters. The summed E-state index contributed by atoms with van der Waals surface area (Å²) < 4.78 is 5.65. The Bertz CT molecular complexity index is 213. The lowest BCUT2D eigenvalue weighted by Gasteiger charge is -2.32. The second kappa shape index (κ2) is 6.75. The minimum atomic E-state index is 0.571. The first kappa shape index (κ1) is 13.4. The molecule has 100 valence electrons. The third-order valence-corrected chi connectivity index (χ3v) is 4.76. The van der Waals surface area contributed by atoms with E-state index in [1.165, 1.54) is 51.5 Å². The van der Waals surface area contributed by atoms with Crippen molar-refractivity contribution in [3.05, 3.63) is 0 Å². The van der Waals surface area contributed by atoms with Gasteiger partial charge in [-0.1, -0.05) is 13.8 Å². The van der Waals surface area contributed by atoms with Gasteiger partial charge in [-0.3, -0.25) is 0 Å². The summed E-state index contributed by atoms with van der Waals surface area (Å²) >= 11 is 0. The highest BCUT2D eigenvalue weighted by atomic mass is 16.5. The van der Waals surface area contributed by atoms with E-state index in [9.17, 15) is 0 Å². The zero-order valence-electron chi connectivity index (χ0n) is 11.6. The van der Waals surface area contributed by atoms with Gasteiger partial charge >= 0.3 is 0 Å². The van der Waals surface area contributed by atoms with E-state index in [1.54, 1.807) is 0 Å². The van der Waals surface area contributed by atoms with E-state index in [0.29, 0.717) is 6.10 Å². The van der Waals surface area contributed by atoms with Gasteiger partial charge in [0.05, 0.1) is 6.10 Å². The van der Waals surface area contributed by atoms with Crippen molar-refractivity contribution < 1.29 is 4.74 Å². The van der Waals surface area contributed by atoms with Crippen molar-refractivity contribution in [2.24, 2.45) is 11.8 Å². The number of ether oxygens (including phenoxy) is 1. The van der Waals surface area contributed by atoms with Crippen molar-refractivity contribution in [2.75, 3.05) is 13.2 Å². The van der Waals surface area contributed by atoms with Crippen LogP contribution in [0.1, 0.15) is 58.8 Å². The van der Waals surface area contributed by atoms with Gasteiger partial charge in [0.15, 0.2) is 0 Å². The second-order valence-corrected chi connectivity index (χ2v) is 6.20. The Morgan fingerprint density at radius 1 is 1.12 bits per heavy atom. The van der Waals surface area contributed by atoms with Crippen LogP contribution in [0.15, 0.2) is 0 Å². The Labute approximate surface area is 107 Å². The molecule has 0 amide bonds. The molecule has 2 rings (SSSR count). The van der Waals surface area contributed by atoms with Gasteiger partial charge in [-0.25, -0.2) is 0 Å². The summed E-state index contributed by atoms with van der Waals surface area (Å²) in [4.78, 5) is 0. The number of rotatable bonds is 5. The molecule has 1 N–H and O–H groups in total. The molecule has 2 fully saturated rings. The van der Waals surface area contributed by atoms with E-state index < -0.39 is 0 Å². The maximum Gasteiger partial charge on any atom is 0.0576 e. The number of nitrogens with one attached hydrogen (secondary N) is 1. The standard InChI is InChI=1S/C15H29NO/c1-12-7-8-14(11-13(12)2)16-9-3-5-15-6-4-10-17-15/h12-16H,3-11H2,1-2H3. The molecule has 4 unspecified atom stereocenters.